The highest BCUT2D eigenvalue weighted by atomic mass is 32.2. The van der Waals surface area contributed by atoms with Crippen LogP contribution in [0.3, 0.4) is 0 Å². The molecule has 5 nitrogen and oxygen atoms in total. The average Bonchev–Trinajstić information content (AvgIpc) is 2.75. The average molecular weight is 292 g/mol. The number of hydrogen-bond donors (Lipinski definition) is 1. The molecular weight excluding hydrogens is 283 g/mol. The molecular formula is C10H8F3N3O2S. The highest BCUT2D eigenvalue weighted by molar-refractivity contribution is 7.89. The molecule has 0 aliphatic rings. The van der Waals surface area contributed by atoms with Crippen LogP contribution in [0, 0.1) is 0 Å². The fraction of sp³-hybridized carbons (Fsp3) is 0.100. The van der Waals surface area contributed by atoms with Crippen LogP contribution in [-0.2, 0) is 16.2 Å². The van der Waals surface area contributed by atoms with Gasteiger partial charge in [-0.3, -0.25) is 4.57 Å². The van der Waals surface area contributed by atoms with E-state index in [1.807, 2.05) is 0 Å². The summed E-state index contributed by atoms with van der Waals surface area (Å²) in [5.41, 5.74) is -1.07. The molecule has 0 bridgehead atoms. The summed E-state index contributed by atoms with van der Waals surface area (Å²) in [7, 11) is -4.15. The number of nitrogens with two attached hydrogens (primary N) is 1. The van der Waals surface area contributed by atoms with Crippen LogP contribution in [-0.4, -0.2) is 18.0 Å². The molecule has 1 aromatic carbocycles. The Morgan fingerprint density at radius 2 is 2.00 bits per heavy atom. The van der Waals surface area contributed by atoms with Gasteiger partial charge in [0.05, 0.1) is 6.93 Å². The van der Waals surface area contributed by atoms with Gasteiger partial charge in [-0.2, -0.15) is 13.2 Å². The van der Waals surface area contributed by atoms with Crippen LogP contribution in [0.1, 0.15) is 6.93 Å². The third kappa shape index (κ3) is 2.76. The lowest BCUT2D eigenvalue weighted by molar-refractivity contribution is -0.137. The van der Waals surface area contributed by atoms with Crippen molar-refractivity contribution in [2.45, 2.75) is 11.3 Å². The fourth-order valence-corrected chi connectivity index (χ4v) is 2.07. The SMILES string of the molecule is [2H]c1cc(C(F)(F)F)ccc1-n1ccnc1S(N)(=O)=O. The van der Waals surface area contributed by atoms with Gasteiger partial charge in [-0.15, -0.1) is 0 Å². The van der Waals surface area contributed by atoms with Gasteiger partial charge in [-0.05, 0) is 24.2 Å². The van der Waals surface area contributed by atoms with Crippen LogP contribution in [0.2, 0.25) is 0 Å². The van der Waals surface area contributed by atoms with E-state index >= 15 is 0 Å². The summed E-state index contributed by atoms with van der Waals surface area (Å²) in [6.07, 6.45) is -2.26. The highest BCUT2D eigenvalue weighted by Gasteiger charge is 2.30. The van der Waals surface area contributed by atoms with Crippen LogP contribution in [0.15, 0.2) is 41.8 Å². The number of benzene rings is 1. The first-order valence-electron chi connectivity index (χ1n) is 5.35. The number of hydrogen-bond acceptors (Lipinski definition) is 3. The quantitative estimate of drug-likeness (QED) is 0.912. The first-order valence-corrected chi connectivity index (χ1v) is 6.40. The number of alkyl halides is 3. The van der Waals surface area contributed by atoms with Crippen LogP contribution in [0.5, 0.6) is 0 Å². The van der Waals surface area contributed by atoms with E-state index in [0.29, 0.717) is 6.07 Å². The summed E-state index contributed by atoms with van der Waals surface area (Å²) in [6, 6.07) is 1.84. The molecule has 0 atom stereocenters. The Balaban J connectivity index is 2.59. The van der Waals surface area contributed by atoms with Crippen molar-refractivity contribution in [3.63, 3.8) is 0 Å². The minimum absolute atomic E-state index is 0.0699. The van der Waals surface area contributed by atoms with Crippen molar-refractivity contribution >= 4 is 10.0 Å². The number of halogens is 3. The Bertz CT molecular complexity index is 755. The molecule has 2 aromatic rings. The first kappa shape index (κ1) is 12.2. The van der Waals surface area contributed by atoms with Crippen molar-refractivity contribution in [3.8, 4) is 5.69 Å². The maximum atomic E-state index is 12.5. The molecule has 0 saturated heterocycles. The standard InChI is InChI=1S/C10H8F3N3O2S/c11-10(12,13)7-1-3-8(4-2-7)16-6-5-15-9(16)19(14,17)18/h1-6H,(H2,14,17,18)/i3D. The zero-order chi connectivity index (χ0) is 15.1. The number of aromatic nitrogens is 2. The Morgan fingerprint density at radius 1 is 1.32 bits per heavy atom. The van der Waals surface area contributed by atoms with E-state index in [4.69, 9.17) is 6.51 Å². The topological polar surface area (TPSA) is 78.0 Å². The largest absolute Gasteiger partial charge is 0.416 e. The molecule has 0 spiro atoms. The van der Waals surface area contributed by atoms with E-state index in [-0.39, 0.29) is 5.69 Å². The van der Waals surface area contributed by atoms with E-state index in [1.165, 1.54) is 6.20 Å². The predicted octanol–water partition coefficient (Wildman–Crippen LogP) is 1.54. The van der Waals surface area contributed by atoms with E-state index in [1.54, 1.807) is 0 Å². The lowest BCUT2D eigenvalue weighted by atomic mass is 10.2. The molecule has 0 aliphatic heterocycles. The Hall–Kier alpha value is -1.87. The van der Waals surface area contributed by atoms with Gasteiger partial charge in [0.15, 0.2) is 0 Å². The second-order valence-electron chi connectivity index (χ2n) is 3.59. The van der Waals surface area contributed by atoms with E-state index in [0.717, 1.165) is 22.9 Å². The van der Waals surface area contributed by atoms with Crippen LogP contribution >= 0.6 is 0 Å². The monoisotopic (exact) mass is 292 g/mol. The van der Waals surface area contributed by atoms with Gasteiger partial charge in [-0.25, -0.2) is 18.5 Å². The van der Waals surface area contributed by atoms with Crippen molar-refractivity contribution in [2.75, 3.05) is 0 Å². The van der Waals surface area contributed by atoms with Gasteiger partial charge < -0.3 is 0 Å². The summed E-state index contributed by atoms with van der Waals surface area (Å²) in [5, 5.41) is 4.39. The van der Waals surface area contributed by atoms with Gasteiger partial charge in [0.25, 0.3) is 10.0 Å². The lowest BCUT2D eigenvalue weighted by Crippen LogP contribution is -2.17. The molecule has 1 heterocycles. The summed E-state index contributed by atoms with van der Waals surface area (Å²) < 4.78 is 68.6. The van der Waals surface area contributed by atoms with Crippen LogP contribution < -0.4 is 5.14 Å². The zero-order valence-electron chi connectivity index (χ0n) is 10.2. The van der Waals surface area contributed by atoms with Gasteiger partial charge in [-0.1, -0.05) is 0 Å². The minimum atomic E-state index is -4.58. The summed E-state index contributed by atoms with van der Waals surface area (Å²) in [4.78, 5) is 3.52. The van der Waals surface area contributed by atoms with Gasteiger partial charge in [0.1, 0.15) is 0 Å². The van der Waals surface area contributed by atoms with Gasteiger partial charge >= 0.3 is 6.18 Å². The molecule has 0 unspecified atom stereocenters. The lowest BCUT2D eigenvalue weighted by Gasteiger charge is -2.09. The molecule has 0 saturated carbocycles. The molecule has 2 rings (SSSR count). The Morgan fingerprint density at radius 3 is 2.53 bits per heavy atom. The second kappa shape index (κ2) is 4.35. The van der Waals surface area contributed by atoms with Crippen LogP contribution in [0.25, 0.3) is 5.69 Å². The van der Waals surface area contributed by atoms with Crippen molar-refractivity contribution in [3.05, 3.63) is 42.2 Å². The Labute approximate surface area is 107 Å². The molecule has 0 amide bonds. The van der Waals surface area contributed by atoms with Crippen molar-refractivity contribution in [2.24, 2.45) is 5.14 Å². The summed E-state index contributed by atoms with van der Waals surface area (Å²) in [6.45, 7) is 0. The van der Waals surface area contributed by atoms with Gasteiger partial charge in [0.2, 0.25) is 5.16 Å². The molecule has 19 heavy (non-hydrogen) atoms. The molecule has 9 heteroatoms. The number of sulfonamides is 1. The smallest absolute Gasteiger partial charge is 0.290 e. The number of rotatable bonds is 2. The maximum absolute atomic E-state index is 12.5. The predicted molar refractivity (Wildman–Crippen MR) is 59.9 cm³/mol. The maximum Gasteiger partial charge on any atom is 0.416 e. The first-order chi connectivity index (χ1) is 9.10. The molecule has 0 radical (unpaired) electrons. The molecule has 0 fully saturated rings. The number of imidazole rings is 1. The van der Waals surface area contributed by atoms with E-state index in [2.05, 4.69) is 4.98 Å². The summed E-state index contributed by atoms with van der Waals surface area (Å²) in [5.74, 6) is 0. The third-order valence-corrected chi connectivity index (χ3v) is 3.06. The van der Waals surface area contributed by atoms with Crippen LogP contribution in [0.4, 0.5) is 13.2 Å². The van der Waals surface area contributed by atoms with Gasteiger partial charge in [0, 0.05) is 18.1 Å². The van der Waals surface area contributed by atoms with Crippen molar-refractivity contribution in [1.82, 2.24) is 9.55 Å². The highest BCUT2D eigenvalue weighted by Crippen LogP contribution is 2.29. The normalized spacial score (nSPS) is 13.4. The minimum Gasteiger partial charge on any atom is -0.290 e. The fourth-order valence-electron chi connectivity index (χ4n) is 1.43. The second-order valence-corrected chi connectivity index (χ2v) is 5.04. The number of primary sulfonamides is 1. The van der Waals surface area contributed by atoms with E-state index in [9.17, 15) is 21.6 Å². The molecule has 1 aromatic heterocycles. The molecule has 102 valence electrons. The number of nitrogens with zero attached hydrogens (tertiary/aromatic N) is 2. The molecule has 2 N–H and O–H groups in total. The van der Waals surface area contributed by atoms with Crippen molar-refractivity contribution in [1.29, 1.82) is 0 Å². The van der Waals surface area contributed by atoms with E-state index < -0.39 is 33.0 Å². The Kier molecular flexibility index (Phi) is 2.79. The zero-order valence-corrected chi connectivity index (χ0v) is 10.0. The molecule has 0 aliphatic carbocycles. The van der Waals surface area contributed by atoms with Crippen molar-refractivity contribution < 1.29 is 23.0 Å². The third-order valence-electron chi connectivity index (χ3n) is 2.24. The summed E-state index contributed by atoms with van der Waals surface area (Å²) >= 11 is 0.